The molecule has 1 heterocycles. The van der Waals surface area contributed by atoms with Crippen molar-refractivity contribution in [1.29, 1.82) is 0 Å². The van der Waals surface area contributed by atoms with Crippen LogP contribution in [0.25, 0.3) is 0 Å². The van der Waals surface area contributed by atoms with Crippen LogP contribution in [-0.4, -0.2) is 34.7 Å². The number of carboxylic acid groups (broad SMARTS) is 1. The first kappa shape index (κ1) is 7.57. The molecule has 3 unspecified atom stereocenters. The SMILES string of the molecule is O=C(O)OC1=CC2OC2C(O)C1. The predicted octanol–water partition coefficient (Wildman–Crippen LogP) is 0.0969. The fourth-order valence-electron chi connectivity index (χ4n) is 1.34. The third-order valence-corrected chi connectivity index (χ3v) is 1.92. The second-order valence-corrected chi connectivity index (χ2v) is 2.84. The second-order valence-electron chi connectivity index (χ2n) is 2.84. The van der Waals surface area contributed by atoms with Crippen molar-refractivity contribution in [3.8, 4) is 0 Å². The van der Waals surface area contributed by atoms with E-state index in [-0.39, 0.29) is 24.4 Å². The van der Waals surface area contributed by atoms with Crippen LogP contribution in [0, 0.1) is 0 Å². The van der Waals surface area contributed by atoms with Gasteiger partial charge in [0.1, 0.15) is 18.0 Å². The molecular formula is C7H8O5. The van der Waals surface area contributed by atoms with Crippen LogP contribution in [0.4, 0.5) is 4.79 Å². The summed E-state index contributed by atoms with van der Waals surface area (Å²) < 4.78 is 9.40. The Bertz CT molecular complexity index is 246. The van der Waals surface area contributed by atoms with Gasteiger partial charge in [-0.3, -0.25) is 0 Å². The van der Waals surface area contributed by atoms with Crippen LogP contribution in [0.15, 0.2) is 11.8 Å². The molecule has 5 nitrogen and oxygen atoms in total. The van der Waals surface area contributed by atoms with Crippen molar-refractivity contribution < 1.29 is 24.5 Å². The van der Waals surface area contributed by atoms with Crippen molar-refractivity contribution in [3.05, 3.63) is 11.8 Å². The fraction of sp³-hybridized carbons (Fsp3) is 0.571. The number of hydrogen-bond donors (Lipinski definition) is 2. The Hall–Kier alpha value is -1.07. The number of epoxide rings is 1. The molecule has 0 aromatic rings. The van der Waals surface area contributed by atoms with Crippen LogP contribution in [0.1, 0.15) is 6.42 Å². The van der Waals surface area contributed by atoms with E-state index in [0.29, 0.717) is 0 Å². The molecule has 0 amide bonds. The van der Waals surface area contributed by atoms with Gasteiger partial charge in [-0.1, -0.05) is 0 Å². The number of rotatable bonds is 1. The lowest BCUT2D eigenvalue weighted by atomic mass is 10.0. The molecule has 3 atom stereocenters. The average Bonchev–Trinajstić information content (AvgIpc) is 2.64. The lowest BCUT2D eigenvalue weighted by molar-refractivity contribution is 0.0916. The fourth-order valence-corrected chi connectivity index (χ4v) is 1.34. The maximum absolute atomic E-state index is 10.1. The van der Waals surface area contributed by atoms with E-state index < -0.39 is 12.3 Å². The van der Waals surface area contributed by atoms with Crippen molar-refractivity contribution in [2.45, 2.75) is 24.7 Å². The van der Waals surface area contributed by atoms with Crippen LogP contribution < -0.4 is 0 Å². The van der Waals surface area contributed by atoms with Crippen molar-refractivity contribution in [3.63, 3.8) is 0 Å². The molecule has 5 heteroatoms. The van der Waals surface area contributed by atoms with Gasteiger partial charge in [-0.2, -0.15) is 0 Å². The standard InChI is InChI=1S/C7H8O5/c8-4-1-3(11-7(9)10)2-5-6(4)12-5/h2,4-6,8H,1H2,(H,9,10). The zero-order valence-corrected chi connectivity index (χ0v) is 6.14. The summed E-state index contributed by atoms with van der Waals surface area (Å²) in [5.74, 6) is 0.272. The third kappa shape index (κ3) is 1.28. The first-order valence-corrected chi connectivity index (χ1v) is 3.62. The van der Waals surface area contributed by atoms with Crippen molar-refractivity contribution in [1.82, 2.24) is 0 Å². The molecular weight excluding hydrogens is 164 g/mol. The Morgan fingerprint density at radius 3 is 3.08 bits per heavy atom. The highest BCUT2D eigenvalue weighted by molar-refractivity contribution is 5.58. The van der Waals surface area contributed by atoms with E-state index in [0.717, 1.165) is 0 Å². The Balaban J connectivity index is 2.02. The van der Waals surface area contributed by atoms with E-state index in [2.05, 4.69) is 4.74 Å². The predicted molar refractivity (Wildman–Crippen MR) is 36.5 cm³/mol. The van der Waals surface area contributed by atoms with Gasteiger partial charge in [-0.05, 0) is 6.08 Å². The van der Waals surface area contributed by atoms with E-state index in [1.807, 2.05) is 0 Å². The number of hydrogen-bond acceptors (Lipinski definition) is 4. The minimum Gasteiger partial charge on any atom is -0.449 e. The number of fused-ring (bicyclic) bond motifs is 1. The highest BCUT2D eigenvalue weighted by Gasteiger charge is 2.47. The topological polar surface area (TPSA) is 79.3 Å². The smallest absolute Gasteiger partial charge is 0.449 e. The molecule has 1 fully saturated rings. The number of ether oxygens (including phenoxy) is 2. The lowest BCUT2D eigenvalue weighted by Gasteiger charge is -2.12. The molecule has 0 radical (unpaired) electrons. The summed E-state index contributed by atoms with van der Waals surface area (Å²) in [6, 6.07) is 0. The van der Waals surface area contributed by atoms with Gasteiger partial charge >= 0.3 is 6.16 Å². The van der Waals surface area contributed by atoms with Gasteiger partial charge in [0.2, 0.25) is 0 Å². The highest BCUT2D eigenvalue weighted by atomic mass is 16.7. The highest BCUT2D eigenvalue weighted by Crippen LogP contribution is 2.35. The van der Waals surface area contributed by atoms with Crippen LogP contribution in [0.3, 0.4) is 0 Å². The van der Waals surface area contributed by atoms with Gasteiger partial charge in [0.05, 0.1) is 6.10 Å². The molecule has 1 aliphatic carbocycles. The molecule has 0 spiro atoms. The number of carbonyl (C=O) groups is 1. The molecule has 1 saturated heterocycles. The van der Waals surface area contributed by atoms with Gasteiger partial charge in [0.25, 0.3) is 0 Å². The zero-order valence-electron chi connectivity index (χ0n) is 6.14. The normalized spacial score (nSPS) is 38.1. The summed E-state index contributed by atoms with van der Waals surface area (Å²) in [4.78, 5) is 10.1. The van der Waals surface area contributed by atoms with Crippen LogP contribution in [-0.2, 0) is 9.47 Å². The second kappa shape index (κ2) is 2.46. The van der Waals surface area contributed by atoms with Gasteiger partial charge in [0.15, 0.2) is 0 Å². The summed E-state index contributed by atoms with van der Waals surface area (Å²) in [6.07, 6.45) is -0.477. The minimum absolute atomic E-state index is 0.147. The molecule has 2 aliphatic rings. The molecule has 0 aromatic heterocycles. The van der Waals surface area contributed by atoms with E-state index >= 15 is 0 Å². The Morgan fingerprint density at radius 1 is 1.75 bits per heavy atom. The van der Waals surface area contributed by atoms with Crippen LogP contribution >= 0.6 is 0 Å². The van der Waals surface area contributed by atoms with Crippen molar-refractivity contribution >= 4 is 6.16 Å². The largest absolute Gasteiger partial charge is 0.511 e. The molecule has 12 heavy (non-hydrogen) atoms. The molecule has 2 N–H and O–H groups in total. The Morgan fingerprint density at radius 2 is 2.50 bits per heavy atom. The van der Waals surface area contributed by atoms with E-state index in [1.165, 1.54) is 0 Å². The number of aliphatic hydroxyl groups excluding tert-OH is 1. The molecule has 0 bridgehead atoms. The van der Waals surface area contributed by atoms with Gasteiger partial charge < -0.3 is 19.7 Å². The van der Waals surface area contributed by atoms with Crippen LogP contribution in [0.5, 0.6) is 0 Å². The van der Waals surface area contributed by atoms with Crippen molar-refractivity contribution in [2.24, 2.45) is 0 Å². The summed E-state index contributed by atoms with van der Waals surface area (Å²) in [5.41, 5.74) is 0. The minimum atomic E-state index is -1.35. The first-order valence-electron chi connectivity index (χ1n) is 3.62. The summed E-state index contributed by atoms with van der Waals surface area (Å²) in [6.45, 7) is 0. The Kier molecular flexibility index (Phi) is 1.55. The van der Waals surface area contributed by atoms with Gasteiger partial charge in [-0.15, -0.1) is 0 Å². The summed E-state index contributed by atoms with van der Waals surface area (Å²) in [5, 5.41) is 17.5. The van der Waals surface area contributed by atoms with Gasteiger partial charge in [0, 0.05) is 6.42 Å². The molecule has 2 rings (SSSR count). The summed E-state index contributed by atoms with van der Waals surface area (Å²) >= 11 is 0. The van der Waals surface area contributed by atoms with Crippen LogP contribution in [0.2, 0.25) is 0 Å². The van der Waals surface area contributed by atoms with Gasteiger partial charge in [-0.25, -0.2) is 4.79 Å². The maximum Gasteiger partial charge on any atom is 0.511 e. The monoisotopic (exact) mass is 172 g/mol. The van der Waals surface area contributed by atoms with E-state index in [9.17, 15) is 9.90 Å². The van der Waals surface area contributed by atoms with Crippen molar-refractivity contribution in [2.75, 3.05) is 0 Å². The Labute approximate surface area is 68.2 Å². The summed E-state index contributed by atoms with van der Waals surface area (Å²) in [7, 11) is 0. The molecule has 1 aliphatic heterocycles. The molecule has 0 saturated carbocycles. The number of aliphatic hydroxyl groups is 1. The third-order valence-electron chi connectivity index (χ3n) is 1.92. The van der Waals surface area contributed by atoms with E-state index in [4.69, 9.17) is 9.84 Å². The average molecular weight is 172 g/mol. The maximum atomic E-state index is 10.1. The first-order chi connectivity index (χ1) is 5.66. The molecule has 0 aromatic carbocycles. The quantitative estimate of drug-likeness (QED) is 0.433. The van der Waals surface area contributed by atoms with E-state index in [1.54, 1.807) is 6.08 Å². The zero-order chi connectivity index (χ0) is 8.72. The molecule has 66 valence electrons. The lowest BCUT2D eigenvalue weighted by Crippen LogP contribution is -2.22.